The standard InChI is InChI=1S/C39H50ClN5O4S/c1-23(2)49-36-21-30(28-19-34(26-10-11-26)45(29-14-16-48-17-15-29)35(20-28)27-12-13-27)25(5)18-33(36)43-39-41-22-31(40)38(44-39)42-32-8-6-7-9-37(32)50(46,47)24(3)4/h6-9,18-19,21-24,26-27,29,34-35H,10-17,20H2,1-5H3,(H2,41,42,43,44)/t34-,35-/m1/s1. The molecule has 1 saturated heterocycles. The van der Waals surface area contributed by atoms with E-state index in [0.717, 1.165) is 55.7 Å². The van der Waals surface area contributed by atoms with E-state index in [1.165, 1.54) is 48.6 Å². The van der Waals surface area contributed by atoms with Gasteiger partial charge in [-0.1, -0.05) is 29.8 Å². The van der Waals surface area contributed by atoms with Gasteiger partial charge in [-0.2, -0.15) is 4.98 Å². The molecule has 3 heterocycles. The van der Waals surface area contributed by atoms with Gasteiger partial charge in [-0.3, -0.25) is 4.90 Å². The number of sulfone groups is 1. The smallest absolute Gasteiger partial charge is 0.229 e. The summed E-state index contributed by atoms with van der Waals surface area (Å²) in [6.07, 6.45) is 12.7. The van der Waals surface area contributed by atoms with Crippen LogP contribution in [0.4, 0.5) is 23.1 Å². The van der Waals surface area contributed by atoms with Gasteiger partial charge in [0.05, 0.1) is 33.8 Å². The molecule has 4 aliphatic rings. The molecule has 9 nitrogen and oxygen atoms in total. The van der Waals surface area contributed by atoms with Gasteiger partial charge in [0.25, 0.3) is 0 Å². The second-order valence-electron chi connectivity index (χ2n) is 15.0. The van der Waals surface area contributed by atoms with Crippen LogP contribution in [-0.4, -0.2) is 66.0 Å². The molecule has 7 rings (SSSR count). The topological polar surface area (TPSA) is 106 Å². The van der Waals surface area contributed by atoms with Gasteiger partial charge in [-0.05, 0) is 132 Å². The quantitative estimate of drug-likeness (QED) is 0.190. The Kier molecular flexibility index (Phi) is 10.2. The maximum atomic E-state index is 13.1. The molecule has 0 amide bonds. The summed E-state index contributed by atoms with van der Waals surface area (Å²) in [6.45, 7) is 11.3. The molecule has 0 radical (unpaired) electrons. The predicted octanol–water partition coefficient (Wildman–Crippen LogP) is 8.72. The lowest BCUT2D eigenvalue weighted by Gasteiger charge is -2.48. The van der Waals surface area contributed by atoms with Crippen molar-refractivity contribution in [1.29, 1.82) is 0 Å². The molecule has 3 aromatic rings. The van der Waals surface area contributed by atoms with E-state index >= 15 is 0 Å². The second kappa shape index (κ2) is 14.4. The monoisotopic (exact) mass is 719 g/mol. The molecule has 2 N–H and O–H groups in total. The number of aromatic nitrogens is 2. The van der Waals surface area contributed by atoms with Gasteiger partial charge in [0.1, 0.15) is 10.8 Å². The van der Waals surface area contributed by atoms with Crippen molar-refractivity contribution in [2.24, 2.45) is 11.8 Å². The summed E-state index contributed by atoms with van der Waals surface area (Å²) in [5, 5.41) is 6.23. The third-order valence-electron chi connectivity index (χ3n) is 10.5. The number of para-hydroxylation sites is 1. The molecule has 0 bridgehead atoms. The van der Waals surface area contributed by atoms with Crippen molar-refractivity contribution in [3.8, 4) is 5.75 Å². The largest absolute Gasteiger partial charge is 0.489 e. The zero-order valence-corrected chi connectivity index (χ0v) is 31.4. The van der Waals surface area contributed by atoms with Gasteiger partial charge in [-0.25, -0.2) is 13.4 Å². The maximum absolute atomic E-state index is 13.1. The number of nitrogens with zero attached hydrogens (tertiary/aromatic N) is 3. The Morgan fingerprint density at radius 3 is 2.36 bits per heavy atom. The zero-order valence-electron chi connectivity index (χ0n) is 29.8. The Labute approximate surface area is 302 Å². The van der Waals surface area contributed by atoms with Crippen LogP contribution in [0.2, 0.25) is 5.02 Å². The van der Waals surface area contributed by atoms with Crippen molar-refractivity contribution in [1.82, 2.24) is 14.9 Å². The van der Waals surface area contributed by atoms with E-state index in [-0.39, 0.29) is 16.0 Å². The van der Waals surface area contributed by atoms with E-state index in [1.807, 2.05) is 13.8 Å². The van der Waals surface area contributed by atoms with Gasteiger partial charge in [0.15, 0.2) is 15.7 Å². The SMILES string of the molecule is Cc1cc(Nc2ncc(Cl)c(Nc3ccccc3S(=O)(=O)C(C)C)n2)c(OC(C)C)cc1C1=C[C@H](C2CC2)N(C2CCOCC2)[C@@H](C2CC2)C1. The molecule has 11 heteroatoms. The van der Waals surface area contributed by atoms with Gasteiger partial charge >= 0.3 is 0 Å². The molecule has 2 aliphatic heterocycles. The normalized spacial score (nSPS) is 22.1. The fraction of sp³-hybridized carbons (Fsp3) is 0.538. The number of hydrogen-bond acceptors (Lipinski definition) is 9. The maximum Gasteiger partial charge on any atom is 0.229 e. The molecule has 1 aromatic heterocycles. The van der Waals surface area contributed by atoms with Gasteiger partial charge < -0.3 is 20.1 Å². The Hall–Kier alpha value is -3.18. The molecular weight excluding hydrogens is 670 g/mol. The molecule has 2 atom stereocenters. The highest BCUT2D eigenvalue weighted by atomic mass is 35.5. The highest BCUT2D eigenvalue weighted by molar-refractivity contribution is 7.92. The number of nitrogens with one attached hydrogen (secondary N) is 2. The highest BCUT2D eigenvalue weighted by Gasteiger charge is 2.47. The van der Waals surface area contributed by atoms with Crippen LogP contribution in [0.1, 0.15) is 83.8 Å². The highest BCUT2D eigenvalue weighted by Crippen LogP contribution is 2.50. The molecule has 268 valence electrons. The average molecular weight is 720 g/mol. The van der Waals surface area contributed by atoms with E-state index in [1.54, 1.807) is 38.1 Å². The van der Waals surface area contributed by atoms with Crippen LogP contribution in [0.3, 0.4) is 0 Å². The van der Waals surface area contributed by atoms with Crippen LogP contribution in [-0.2, 0) is 14.6 Å². The summed E-state index contributed by atoms with van der Waals surface area (Å²) in [6, 6.07) is 12.8. The van der Waals surface area contributed by atoms with Gasteiger partial charge in [0.2, 0.25) is 5.95 Å². The zero-order chi connectivity index (χ0) is 35.2. The number of benzene rings is 2. The molecule has 50 heavy (non-hydrogen) atoms. The van der Waals surface area contributed by atoms with Crippen molar-refractivity contribution in [3.05, 3.63) is 64.8 Å². The Bertz CT molecular complexity index is 1850. The number of anilines is 4. The lowest BCUT2D eigenvalue weighted by atomic mass is 9.83. The van der Waals surface area contributed by atoms with Crippen LogP contribution in [0.25, 0.3) is 5.57 Å². The molecule has 2 aliphatic carbocycles. The third kappa shape index (κ3) is 7.54. The minimum atomic E-state index is -3.55. The first-order chi connectivity index (χ1) is 24.0. The summed E-state index contributed by atoms with van der Waals surface area (Å²) in [5.74, 6) is 2.87. The van der Waals surface area contributed by atoms with Crippen molar-refractivity contribution in [2.75, 3.05) is 23.8 Å². The number of ether oxygens (including phenoxy) is 2. The minimum Gasteiger partial charge on any atom is -0.489 e. The predicted molar refractivity (Wildman–Crippen MR) is 201 cm³/mol. The second-order valence-corrected chi connectivity index (χ2v) is 17.9. The average Bonchev–Trinajstić information content (AvgIpc) is 4.01. The van der Waals surface area contributed by atoms with E-state index in [9.17, 15) is 8.42 Å². The Morgan fingerprint density at radius 1 is 0.960 bits per heavy atom. The first-order valence-corrected chi connectivity index (χ1v) is 20.2. The summed E-state index contributed by atoms with van der Waals surface area (Å²) in [4.78, 5) is 12.3. The van der Waals surface area contributed by atoms with E-state index in [4.69, 9.17) is 21.1 Å². The number of aryl methyl sites for hydroxylation is 1. The van der Waals surface area contributed by atoms with Gasteiger partial charge in [-0.15, -0.1) is 0 Å². The lowest BCUT2D eigenvalue weighted by Crippen LogP contribution is -2.54. The first kappa shape index (κ1) is 35.2. The molecular formula is C39H50ClN5O4S. The molecule has 3 fully saturated rings. The van der Waals surface area contributed by atoms with Crippen LogP contribution in [0.5, 0.6) is 5.75 Å². The number of hydrogen-bond donors (Lipinski definition) is 2. The number of rotatable bonds is 12. The van der Waals surface area contributed by atoms with Crippen molar-refractivity contribution >= 4 is 50.2 Å². The van der Waals surface area contributed by atoms with Crippen molar-refractivity contribution < 1.29 is 17.9 Å². The Balaban J connectivity index is 1.20. The molecule has 0 spiro atoms. The van der Waals surface area contributed by atoms with Crippen molar-refractivity contribution in [2.45, 2.75) is 114 Å². The summed E-state index contributed by atoms with van der Waals surface area (Å²) < 4.78 is 38.4. The van der Waals surface area contributed by atoms with Gasteiger partial charge in [0, 0.05) is 31.3 Å². The van der Waals surface area contributed by atoms with E-state index in [2.05, 4.69) is 50.6 Å². The first-order valence-electron chi connectivity index (χ1n) is 18.3. The van der Waals surface area contributed by atoms with Crippen LogP contribution >= 0.6 is 11.6 Å². The molecule has 2 aromatic carbocycles. The fourth-order valence-electron chi connectivity index (χ4n) is 7.64. The van der Waals surface area contributed by atoms with Crippen molar-refractivity contribution in [3.63, 3.8) is 0 Å². The lowest BCUT2D eigenvalue weighted by molar-refractivity contribution is -0.00698. The summed E-state index contributed by atoms with van der Waals surface area (Å²) in [5.41, 5.74) is 5.01. The molecule has 0 unspecified atom stereocenters. The Morgan fingerprint density at radius 2 is 1.68 bits per heavy atom. The minimum absolute atomic E-state index is 0.0448. The van der Waals surface area contributed by atoms with Crippen LogP contribution < -0.4 is 15.4 Å². The molecule has 2 saturated carbocycles. The summed E-state index contributed by atoms with van der Waals surface area (Å²) >= 11 is 6.54. The van der Waals surface area contributed by atoms with E-state index in [0.29, 0.717) is 35.6 Å². The van der Waals surface area contributed by atoms with E-state index < -0.39 is 15.1 Å². The fourth-order valence-corrected chi connectivity index (χ4v) is 8.98. The third-order valence-corrected chi connectivity index (χ3v) is 13.0. The number of halogens is 1. The van der Waals surface area contributed by atoms with Crippen LogP contribution in [0.15, 0.2) is 53.6 Å². The summed E-state index contributed by atoms with van der Waals surface area (Å²) in [7, 11) is -3.55. The van der Waals surface area contributed by atoms with Crippen LogP contribution in [0, 0.1) is 18.8 Å².